The maximum Gasteiger partial charge on any atom is 0.408 e. The first-order chi connectivity index (χ1) is 16.6. The summed E-state index contributed by atoms with van der Waals surface area (Å²) < 4.78 is 35.2. The number of aromatic nitrogens is 3. The van der Waals surface area contributed by atoms with Crippen molar-refractivity contribution in [1.29, 1.82) is 0 Å². The van der Waals surface area contributed by atoms with Gasteiger partial charge in [0.2, 0.25) is 5.95 Å². The van der Waals surface area contributed by atoms with E-state index in [2.05, 4.69) is 30.9 Å². The van der Waals surface area contributed by atoms with E-state index in [4.69, 9.17) is 4.74 Å². The maximum atomic E-state index is 15.1. The van der Waals surface area contributed by atoms with Crippen LogP contribution >= 0.6 is 0 Å². The average molecular weight is 485 g/mol. The lowest BCUT2D eigenvalue weighted by atomic mass is 9.99. The minimum absolute atomic E-state index is 0.0141. The standard InChI is InChI=1S/C25H30F2N6O2/c1-14(31-24(34)35-25(2,3)4)17-7-10-29-22-18(17)11-15(12-19(22)26)21-20(27)13-30-23(33-21)32-16-5-8-28-9-6-16/h7,10-14,16,28H,5-6,8-9H2,1-4H3,(H,31,34)(H,30,32,33). The monoisotopic (exact) mass is 484 g/mol. The zero-order valence-electron chi connectivity index (χ0n) is 20.3. The van der Waals surface area contributed by atoms with Crippen molar-refractivity contribution in [3.63, 3.8) is 0 Å². The number of benzene rings is 1. The van der Waals surface area contributed by atoms with Crippen LogP contribution in [0.15, 0.2) is 30.6 Å². The smallest absolute Gasteiger partial charge is 0.408 e. The molecule has 1 fully saturated rings. The first-order valence-corrected chi connectivity index (χ1v) is 11.7. The minimum Gasteiger partial charge on any atom is -0.444 e. The first-order valence-electron chi connectivity index (χ1n) is 11.7. The molecule has 0 aliphatic carbocycles. The largest absolute Gasteiger partial charge is 0.444 e. The molecule has 10 heteroatoms. The van der Waals surface area contributed by atoms with Crippen molar-refractivity contribution in [2.75, 3.05) is 18.4 Å². The summed E-state index contributed by atoms with van der Waals surface area (Å²) in [7, 11) is 0. The molecule has 1 unspecified atom stereocenters. The zero-order valence-corrected chi connectivity index (χ0v) is 20.3. The van der Waals surface area contributed by atoms with Crippen molar-refractivity contribution < 1.29 is 18.3 Å². The number of anilines is 1. The summed E-state index contributed by atoms with van der Waals surface area (Å²) in [6.45, 7) is 8.83. The lowest BCUT2D eigenvalue weighted by molar-refractivity contribution is 0.0508. The number of fused-ring (bicyclic) bond motifs is 1. The second-order valence-electron chi connectivity index (χ2n) is 9.68. The van der Waals surface area contributed by atoms with Gasteiger partial charge in [0, 0.05) is 23.2 Å². The molecule has 8 nitrogen and oxygen atoms in total. The van der Waals surface area contributed by atoms with Gasteiger partial charge >= 0.3 is 6.09 Å². The summed E-state index contributed by atoms with van der Waals surface area (Å²) in [5, 5.41) is 9.73. The number of amides is 1. The molecule has 35 heavy (non-hydrogen) atoms. The molecule has 1 amide bonds. The van der Waals surface area contributed by atoms with E-state index in [1.54, 1.807) is 39.8 Å². The molecule has 1 aliphatic rings. The van der Waals surface area contributed by atoms with Crippen LogP contribution in [-0.2, 0) is 4.74 Å². The lowest BCUT2D eigenvalue weighted by Crippen LogP contribution is -2.35. The molecule has 1 saturated heterocycles. The number of nitrogens with one attached hydrogen (secondary N) is 3. The van der Waals surface area contributed by atoms with Crippen LogP contribution < -0.4 is 16.0 Å². The fourth-order valence-electron chi connectivity index (χ4n) is 4.10. The SMILES string of the molecule is CC(NC(=O)OC(C)(C)C)c1ccnc2c(F)cc(-c3nc(NC4CCNCC4)ncc3F)cc12. The second kappa shape index (κ2) is 10.1. The third-order valence-electron chi connectivity index (χ3n) is 5.72. The number of halogens is 2. The fraction of sp³-hybridized carbons (Fsp3) is 0.440. The maximum absolute atomic E-state index is 15.1. The molecule has 0 bridgehead atoms. The zero-order chi connectivity index (χ0) is 25.2. The van der Waals surface area contributed by atoms with Gasteiger partial charge in [-0.15, -0.1) is 0 Å². The Bertz CT molecular complexity index is 1220. The Labute approximate surface area is 202 Å². The van der Waals surface area contributed by atoms with Crippen LogP contribution in [0.2, 0.25) is 0 Å². The van der Waals surface area contributed by atoms with E-state index in [1.165, 1.54) is 12.3 Å². The number of pyridine rings is 1. The number of hydrogen-bond acceptors (Lipinski definition) is 7. The molecule has 2 aromatic heterocycles. The number of piperidine rings is 1. The number of carbonyl (C=O) groups excluding carboxylic acids is 1. The van der Waals surface area contributed by atoms with Crippen LogP contribution in [0, 0.1) is 11.6 Å². The minimum atomic E-state index is -0.662. The first kappa shape index (κ1) is 24.7. The van der Waals surface area contributed by atoms with Crippen LogP contribution in [0.3, 0.4) is 0 Å². The van der Waals surface area contributed by atoms with Crippen LogP contribution in [-0.4, -0.2) is 45.8 Å². The second-order valence-corrected chi connectivity index (χ2v) is 9.68. The van der Waals surface area contributed by atoms with E-state index in [-0.39, 0.29) is 22.8 Å². The highest BCUT2D eigenvalue weighted by Gasteiger charge is 2.22. The summed E-state index contributed by atoms with van der Waals surface area (Å²) in [5.74, 6) is -0.986. The van der Waals surface area contributed by atoms with Crippen molar-refractivity contribution in [2.45, 2.75) is 58.2 Å². The van der Waals surface area contributed by atoms with E-state index in [0.29, 0.717) is 16.9 Å². The molecular weight excluding hydrogens is 454 g/mol. The van der Waals surface area contributed by atoms with Gasteiger partial charge in [-0.3, -0.25) is 4.98 Å². The van der Waals surface area contributed by atoms with Gasteiger partial charge in [0.25, 0.3) is 0 Å². The molecule has 0 spiro atoms. The summed E-state index contributed by atoms with van der Waals surface area (Å²) in [6, 6.07) is 4.20. The topological polar surface area (TPSA) is 101 Å². The van der Waals surface area contributed by atoms with E-state index >= 15 is 4.39 Å². The number of carbonyl (C=O) groups is 1. The van der Waals surface area contributed by atoms with E-state index in [9.17, 15) is 9.18 Å². The van der Waals surface area contributed by atoms with Crippen molar-refractivity contribution >= 4 is 22.9 Å². The Morgan fingerprint density at radius 2 is 1.91 bits per heavy atom. The third kappa shape index (κ3) is 6.00. The van der Waals surface area contributed by atoms with Gasteiger partial charge in [0.1, 0.15) is 22.6 Å². The normalized spacial score (nSPS) is 15.6. The van der Waals surface area contributed by atoms with Gasteiger partial charge in [-0.05, 0) is 77.4 Å². The highest BCUT2D eigenvalue weighted by atomic mass is 19.1. The van der Waals surface area contributed by atoms with Crippen molar-refractivity contribution in [1.82, 2.24) is 25.6 Å². The van der Waals surface area contributed by atoms with Gasteiger partial charge in [0.15, 0.2) is 5.82 Å². The number of nitrogens with zero attached hydrogens (tertiary/aromatic N) is 3. The van der Waals surface area contributed by atoms with Gasteiger partial charge in [0.05, 0.1) is 12.2 Å². The summed E-state index contributed by atoms with van der Waals surface area (Å²) in [5.41, 5.74) is 0.311. The molecule has 0 radical (unpaired) electrons. The highest BCUT2D eigenvalue weighted by Crippen LogP contribution is 2.31. The Balaban J connectivity index is 1.68. The number of alkyl carbamates (subject to hydrolysis) is 1. The molecule has 3 heterocycles. The fourth-order valence-corrected chi connectivity index (χ4v) is 4.10. The molecule has 1 aliphatic heterocycles. The summed E-state index contributed by atoms with van der Waals surface area (Å²) in [4.78, 5) is 24.8. The average Bonchev–Trinajstić information content (AvgIpc) is 2.79. The third-order valence-corrected chi connectivity index (χ3v) is 5.72. The predicted octanol–water partition coefficient (Wildman–Crippen LogP) is 4.72. The molecule has 1 atom stereocenters. The number of hydrogen-bond donors (Lipinski definition) is 3. The van der Waals surface area contributed by atoms with Crippen molar-refractivity contribution in [3.8, 4) is 11.3 Å². The molecular formula is C25H30F2N6O2. The van der Waals surface area contributed by atoms with E-state index in [0.717, 1.165) is 32.1 Å². The molecule has 3 N–H and O–H groups in total. The number of ether oxygens (including phenoxy) is 1. The van der Waals surface area contributed by atoms with Crippen LogP contribution in [0.25, 0.3) is 22.2 Å². The van der Waals surface area contributed by atoms with E-state index < -0.39 is 29.4 Å². The van der Waals surface area contributed by atoms with E-state index in [1.807, 2.05) is 0 Å². The highest BCUT2D eigenvalue weighted by molar-refractivity contribution is 5.88. The Kier molecular flexibility index (Phi) is 7.11. The van der Waals surface area contributed by atoms with Crippen LogP contribution in [0.4, 0.5) is 19.5 Å². The molecule has 0 saturated carbocycles. The lowest BCUT2D eigenvalue weighted by Gasteiger charge is -2.23. The van der Waals surface area contributed by atoms with Gasteiger partial charge in [-0.1, -0.05) is 0 Å². The van der Waals surface area contributed by atoms with Gasteiger partial charge in [-0.25, -0.2) is 23.5 Å². The van der Waals surface area contributed by atoms with Gasteiger partial charge < -0.3 is 20.7 Å². The van der Waals surface area contributed by atoms with Crippen LogP contribution in [0.5, 0.6) is 0 Å². The number of rotatable bonds is 5. The molecule has 4 rings (SSSR count). The Morgan fingerprint density at radius 1 is 1.17 bits per heavy atom. The molecule has 1 aromatic carbocycles. The van der Waals surface area contributed by atoms with Crippen molar-refractivity contribution in [2.24, 2.45) is 0 Å². The quantitative estimate of drug-likeness (QED) is 0.482. The predicted molar refractivity (Wildman–Crippen MR) is 130 cm³/mol. The Hall–Kier alpha value is -3.40. The summed E-state index contributed by atoms with van der Waals surface area (Å²) >= 11 is 0. The Morgan fingerprint density at radius 3 is 2.63 bits per heavy atom. The molecule has 3 aromatic rings. The van der Waals surface area contributed by atoms with Crippen molar-refractivity contribution in [3.05, 3.63) is 47.8 Å². The van der Waals surface area contributed by atoms with Crippen LogP contribution in [0.1, 0.15) is 52.1 Å². The van der Waals surface area contributed by atoms with Gasteiger partial charge in [-0.2, -0.15) is 0 Å². The summed E-state index contributed by atoms with van der Waals surface area (Å²) in [6.07, 6.45) is 3.77. The molecule has 186 valence electrons.